The van der Waals surface area contributed by atoms with Crippen molar-refractivity contribution in [2.24, 2.45) is 0 Å². The zero-order valence-electron chi connectivity index (χ0n) is 16.2. The van der Waals surface area contributed by atoms with Gasteiger partial charge in [0, 0.05) is 6.61 Å². The van der Waals surface area contributed by atoms with E-state index in [0.29, 0.717) is 6.61 Å². The molecule has 1 saturated heterocycles. The summed E-state index contributed by atoms with van der Waals surface area (Å²) in [6, 6.07) is 12.3. The molecule has 0 spiro atoms. The van der Waals surface area contributed by atoms with Gasteiger partial charge in [0.25, 0.3) is 11.5 Å². The van der Waals surface area contributed by atoms with Crippen molar-refractivity contribution in [1.29, 1.82) is 0 Å². The van der Waals surface area contributed by atoms with Gasteiger partial charge in [0.1, 0.15) is 5.82 Å². The minimum absolute atomic E-state index is 0.0626. The Labute approximate surface area is 171 Å². The molecule has 0 aliphatic carbocycles. The number of carbonyl (C=O) groups is 1. The van der Waals surface area contributed by atoms with Crippen molar-refractivity contribution in [2.75, 3.05) is 23.8 Å². The Bertz CT molecular complexity index is 1130. The Morgan fingerprint density at radius 2 is 2.00 bits per heavy atom. The van der Waals surface area contributed by atoms with E-state index in [9.17, 15) is 14.4 Å². The first-order valence-electron chi connectivity index (χ1n) is 9.68. The van der Waals surface area contributed by atoms with Crippen LogP contribution < -0.4 is 21.9 Å². The number of hydrogen-bond donors (Lipinski definition) is 2. The van der Waals surface area contributed by atoms with E-state index in [2.05, 4.69) is 4.98 Å². The lowest BCUT2D eigenvalue weighted by Crippen LogP contribution is -2.44. The molecule has 0 saturated carbocycles. The van der Waals surface area contributed by atoms with Gasteiger partial charge in [-0.3, -0.25) is 24.0 Å². The third-order valence-corrected chi connectivity index (χ3v) is 5.05. The molecule has 2 aromatic heterocycles. The van der Waals surface area contributed by atoms with Crippen LogP contribution in [0.15, 0.2) is 62.7 Å². The number of furan rings is 1. The van der Waals surface area contributed by atoms with Gasteiger partial charge in [0.05, 0.1) is 25.5 Å². The van der Waals surface area contributed by atoms with Gasteiger partial charge in [-0.15, -0.1) is 0 Å². The second kappa shape index (κ2) is 8.42. The molecule has 30 heavy (non-hydrogen) atoms. The lowest BCUT2D eigenvalue weighted by Gasteiger charge is -2.26. The van der Waals surface area contributed by atoms with Crippen molar-refractivity contribution < 1.29 is 13.9 Å². The van der Waals surface area contributed by atoms with Crippen molar-refractivity contribution in [2.45, 2.75) is 25.5 Å². The molecule has 3 N–H and O–H groups in total. The molecule has 3 aromatic rings. The smallest absolute Gasteiger partial charge is 0.330 e. The number of aromatic nitrogens is 2. The highest BCUT2D eigenvalue weighted by molar-refractivity contribution is 6.05. The number of H-pyrrole nitrogens is 1. The molecule has 1 unspecified atom stereocenters. The first kappa shape index (κ1) is 19.7. The first-order valence-corrected chi connectivity index (χ1v) is 9.68. The highest BCUT2D eigenvalue weighted by atomic mass is 16.5. The predicted molar refractivity (Wildman–Crippen MR) is 111 cm³/mol. The van der Waals surface area contributed by atoms with Crippen LogP contribution >= 0.6 is 0 Å². The normalized spacial score (nSPS) is 15.9. The van der Waals surface area contributed by atoms with Gasteiger partial charge in [-0.2, -0.15) is 0 Å². The van der Waals surface area contributed by atoms with Crippen molar-refractivity contribution in [3.8, 4) is 0 Å². The molecular formula is C21H22N4O5. The van der Waals surface area contributed by atoms with E-state index in [1.54, 1.807) is 6.07 Å². The zero-order chi connectivity index (χ0) is 21.1. The van der Waals surface area contributed by atoms with Crippen LogP contribution in [0.4, 0.5) is 11.5 Å². The summed E-state index contributed by atoms with van der Waals surface area (Å²) in [5, 5.41) is 0. The second-order valence-corrected chi connectivity index (χ2v) is 7.09. The fraction of sp³-hybridized carbons (Fsp3) is 0.286. The molecule has 4 rings (SSSR count). The number of anilines is 2. The minimum atomic E-state index is -0.736. The Balaban J connectivity index is 1.79. The number of rotatable bonds is 6. The number of nitrogens with zero attached hydrogens (tertiary/aromatic N) is 2. The maximum Gasteiger partial charge on any atom is 0.330 e. The average Bonchev–Trinajstić information content (AvgIpc) is 3.45. The van der Waals surface area contributed by atoms with Crippen LogP contribution in [-0.4, -0.2) is 34.7 Å². The van der Waals surface area contributed by atoms with Gasteiger partial charge in [-0.05, 0) is 30.5 Å². The van der Waals surface area contributed by atoms with Crippen molar-refractivity contribution in [3.05, 3.63) is 80.9 Å². The van der Waals surface area contributed by atoms with Crippen molar-refractivity contribution in [3.63, 3.8) is 0 Å². The van der Waals surface area contributed by atoms with E-state index in [4.69, 9.17) is 14.9 Å². The Hall–Kier alpha value is -3.59. The van der Waals surface area contributed by atoms with E-state index in [0.717, 1.165) is 18.4 Å². The molecule has 0 radical (unpaired) electrons. The number of ether oxygens (including phenoxy) is 1. The largest absolute Gasteiger partial charge is 0.459 e. The molecule has 1 amide bonds. The summed E-state index contributed by atoms with van der Waals surface area (Å²) in [5.41, 5.74) is 5.63. The third-order valence-electron chi connectivity index (χ3n) is 5.05. The highest BCUT2D eigenvalue weighted by Crippen LogP contribution is 2.23. The fourth-order valence-electron chi connectivity index (χ4n) is 3.56. The molecule has 1 aliphatic rings. The van der Waals surface area contributed by atoms with Gasteiger partial charge in [0.2, 0.25) is 0 Å². The van der Waals surface area contributed by atoms with Crippen LogP contribution in [0.25, 0.3) is 0 Å². The summed E-state index contributed by atoms with van der Waals surface area (Å²) in [6.45, 7) is 0.862. The molecule has 156 valence electrons. The number of carbonyl (C=O) groups excluding carboxylic acids is 1. The van der Waals surface area contributed by atoms with E-state index in [-0.39, 0.29) is 36.5 Å². The predicted octanol–water partition coefficient (Wildman–Crippen LogP) is 1.59. The molecule has 0 bridgehead atoms. The Morgan fingerprint density at radius 3 is 2.67 bits per heavy atom. The molecule has 3 heterocycles. The number of aromatic amines is 1. The number of nitrogens with two attached hydrogens (primary N) is 1. The van der Waals surface area contributed by atoms with Crippen LogP contribution in [-0.2, 0) is 11.3 Å². The average molecular weight is 410 g/mol. The summed E-state index contributed by atoms with van der Waals surface area (Å²) in [4.78, 5) is 41.9. The van der Waals surface area contributed by atoms with Crippen LogP contribution in [0.1, 0.15) is 29.0 Å². The van der Waals surface area contributed by atoms with Crippen LogP contribution in [0, 0.1) is 0 Å². The van der Waals surface area contributed by atoms with E-state index < -0.39 is 17.2 Å². The fourth-order valence-corrected chi connectivity index (χ4v) is 3.56. The summed E-state index contributed by atoms with van der Waals surface area (Å²) in [7, 11) is 0. The quantitative estimate of drug-likeness (QED) is 0.636. The third kappa shape index (κ3) is 3.92. The first-order chi connectivity index (χ1) is 14.5. The number of nitrogen functional groups attached to an aromatic ring is 1. The van der Waals surface area contributed by atoms with Crippen molar-refractivity contribution >= 4 is 17.4 Å². The molecule has 1 aromatic carbocycles. The lowest BCUT2D eigenvalue weighted by atomic mass is 10.2. The van der Waals surface area contributed by atoms with E-state index >= 15 is 0 Å². The summed E-state index contributed by atoms with van der Waals surface area (Å²) in [5.74, 6) is -0.560. The van der Waals surface area contributed by atoms with Gasteiger partial charge < -0.3 is 14.9 Å². The summed E-state index contributed by atoms with van der Waals surface area (Å²) >= 11 is 0. The van der Waals surface area contributed by atoms with Crippen LogP contribution in [0.2, 0.25) is 0 Å². The zero-order valence-corrected chi connectivity index (χ0v) is 16.2. The minimum Gasteiger partial charge on any atom is -0.459 e. The maximum atomic E-state index is 13.1. The standard InChI is InChI=1S/C21H22N4O5/c22-18-17(19(26)23-21(28)25(18)12-14-6-2-1-3-7-14)24(13-15-8-4-10-29-15)20(27)16-9-5-11-30-16/h1-3,5-7,9,11,15H,4,8,10,12-13,22H2,(H,23,26,28). The van der Waals surface area contributed by atoms with E-state index in [1.807, 2.05) is 30.3 Å². The maximum absolute atomic E-state index is 13.1. The van der Waals surface area contributed by atoms with Gasteiger partial charge >= 0.3 is 5.69 Å². The number of nitrogens with one attached hydrogen (secondary N) is 1. The topological polar surface area (TPSA) is 124 Å². The number of benzene rings is 1. The molecule has 9 heteroatoms. The molecule has 1 atom stereocenters. The Morgan fingerprint density at radius 1 is 1.20 bits per heavy atom. The number of hydrogen-bond acceptors (Lipinski definition) is 6. The monoisotopic (exact) mass is 410 g/mol. The van der Waals surface area contributed by atoms with Crippen LogP contribution in [0.5, 0.6) is 0 Å². The molecule has 1 aliphatic heterocycles. The second-order valence-electron chi connectivity index (χ2n) is 7.09. The number of amides is 1. The summed E-state index contributed by atoms with van der Waals surface area (Å²) < 4.78 is 12.1. The van der Waals surface area contributed by atoms with Crippen molar-refractivity contribution in [1.82, 2.24) is 9.55 Å². The van der Waals surface area contributed by atoms with Gasteiger partial charge in [-0.25, -0.2) is 4.79 Å². The summed E-state index contributed by atoms with van der Waals surface area (Å²) in [6.07, 6.45) is 2.76. The SMILES string of the molecule is Nc1c(N(CC2CCCO2)C(=O)c2ccco2)c(=O)[nH]c(=O)n1Cc1ccccc1. The van der Waals surface area contributed by atoms with E-state index in [1.165, 1.54) is 21.8 Å². The molecule has 1 fully saturated rings. The lowest BCUT2D eigenvalue weighted by molar-refractivity contribution is 0.0894. The molecular weight excluding hydrogens is 388 g/mol. The highest BCUT2D eigenvalue weighted by Gasteiger charge is 2.30. The van der Waals surface area contributed by atoms with Gasteiger partial charge in [0.15, 0.2) is 11.4 Å². The molecule has 9 nitrogen and oxygen atoms in total. The Kier molecular flexibility index (Phi) is 5.53. The van der Waals surface area contributed by atoms with Gasteiger partial charge in [-0.1, -0.05) is 30.3 Å². The van der Waals surface area contributed by atoms with Crippen LogP contribution in [0.3, 0.4) is 0 Å².